The molecular formula is C21H23ClF2N6O2. The largest absolute Gasteiger partial charge is 0.383 e. The molecule has 3 heterocycles. The van der Waals surface area contributed by atoms with Crippen LogP contribution in [0.1, 0.15) is 0 Å². The minimum Gasteiger partial charge on any atom is -0.383 e. The molecule has 1 aliphatic rings. The van der Waals surface area contributed by atoms with E-state index in [1.54, 1.807) is 13.2 Å². The Morgan fingerprint density at radius 2 is 1.94 bits per heavy atom. The van der Waals surface area contributed by atoms with E-state index >= 15 is 0 Å². The Morgan fingerprint density at radius 3 is 2.66 bits per heavy atom. The number of H-pyrrole nitrogens is 1. The molecule has 170 valence electrons. The second-order valence-electron chi connectivity index (χ2n) is 7.44. The zero-order chi connectivity index (χ0) is 22.7. The summed E-state index contributed by atoms with van der Waals surface area (Å²) in [7, 11) is 1.69. The fourth-order valence-electron chi connectivity index (χ4n) is 3.64. The number of rotatable bonds is 6. The summed E-state index contributed by atoms with van der Waals surface area (Å²) in [6.45, 7) is 4.95. The van der Waals surface area contributed by atoms with Crippen molar-refractivity contribution in [2.45, 2.75) is 0 Å². The van der Waals surface area contributed by atoms with Gasteiger partial charge in [-0.2, -0.15) is 0 Å². The minimum absolute atomic E-state index is 0.318. The van der Waals surface area contributed by atoms with Gasteiger partial charge in [-0.25, -0.2) is 18.6 Å². The Hall–Kier alpha value is -2.95. The summed E-state index contributed by atoms with van der Waals surface area (Å²) in [5.41, 5.74) is 1.10. The number of hydrogen-bond donors (Lipinski definition) is 3. The molecule has 0 saturated carbocycles. The van der Waals surface area contributed by atoms with Gasteiger partial charge in [0.25, 0.3) is 0 Å². The molecule has 1 aliphatic heterocycles. The Balaban J connectivity index is 1.38. The third kappa shape index (κ3) is 4.93. The number of carbonyl (C=O) groups is 1. The molecular weight excluding hydrogens is 442 g/mol. The van der Waals surface area contributed by atoms with Crippen LogP contribution in [0.15, 0.2) is 30.6 Å². The highest BCUT2D eigenvalue weighted by atomic mass is 35.5. The highest BCUT2D eigenvalue weighted by Crippen LogP contribution is 2.28. The second kappa shape index (κ2) is 9.68. The number of nitrogens with one attached hydrogen (secondary N) is 3. The van der Waals surface area contributed by atoms with Crippen molar-refractivity contribution in [3.8, 4) is 0 Å². The molecule has 0 bridgehead atoms. The van der Waals surface area contributed by atoms with Gasteiger partial charge in [-0.3, -0.25) is 4.90 Å². The van der Waals surface area contributed by atoms with Crippen LogP contribution in [-0.4, -0.2) is 67.3 Å². The first-order valence-electron chi connectivity index (χ1n) is 10.1. The lowest BCUT2D eigenvalue weighted by atomic mass is 10.2. The van der Waals surface area contributed by atoms with E-state index in [0.29, 0.717) is 39.7 Å². The number of hydrogen-bond acceptors (Lipinski definition) is 5. The average Bonchev–Trinajstić information content (AvgIpc) is 3.14. The van der Waals surface area contributed by atoms with E-state index < -0.39 is 17.7 Å². The molecule has 0 radical (unpaired) electrons. The number of anilines is 3. The van der Waals surface area contributed by atoms with Crippen molar-refractivity contribution >= 4 is 45.7 Å². The number of piperazine rings is 1. The fourth-order valence-corrected chi connectivity index (χ4v) is 3.93. The summed E-state index contributed by atoms with van der Waals surface area (Å²) in [6, 6.07) is 3.13. The summed E-state index contributed by atoms with van der Waals surface area (Å²) in [4.78, 5) is 24.0. The lowest BCUT2D eigenvalue weighted by molar-refractivity contribution is 0.144. The standard InChI is InChI=1S/C21H23ClF2N6O2/c1-32-7-6-29-2-4-30(5-3-29)20-15(22)8-13(11-26-20)27-21(31)28-19-12-25-18-10-17(24)16(23)9-14(18)19/h8-12,25H,2-7H2,1H3,(H2,27,28,31). The van der Waals surface area contributed by atoms with E-state index in [4.69, 9.17) is 16.3 Å². The van der Waals surface area contributed by atoms with Crippen molar-refractivity contribution in [3.05, 3.63) is 47.2 Å². The Labute approximate surface area is 188 Å². The maximum absolute atomic E-state index is 13.6. The van der Waals surface area contributed by atoms with Gasteiger partial charge in [0.15, 0.2) is 11.6 Å². The van der Waals surface area contributed by atoms with Gasteiger partial charge in [0.1, 0.15) is 5.82 Å². The van der Waals surface area contributed by atoms with Gasteiger partial charge >= 0.3 is 6.03 Å². The fraction of sp³-hybridized carbons (Fsp3) is 0.333. The zero-order valence-corrected chi connectivity index (χ0v) is 18.2. The number of urea groups is 1. The number of aromatic nitrogens is 2. The Kier molecular flexibility index (Phi) is 6.73. The van der Waals surface area contributed by atoms with Crippen LogP contribution in [-0.2, 0) is 4.74 Å². The van der Waals surface area contributed by atoms with Crippen LogP contribution in [0.2, 0.25) is 5.02 Å². The molecule has 2 amide bonds. The van der Waals surface area contributed by atoms with Crippen molar-refractivity contribution in [2.24, 2.45) is 0 Å². The van der Waals surface area contributed by atoms with Crippen molar-refractivity contribution in [3.63, 3.8) is 0 Å². The van der Waals surface area contributed by atoms with E-state index in [0.717, 1.165) is 44.9 Å². The maximum atomic E-state index is 13.6. The summed E-state index contributed by atoms with van der Waals surface area (Å²) >= 11 is 6.43. The summed E-state index contributed by atoms with van der Waals surface area (Å²) in [5.74, 6) is -1.29. The number of aromatic amines is 1. The molecule has 3 N–H and O–H groups in total. The van der Waals surface area contributed by atoms with E-state index in [2.05, 4.69) is 30.4 Å². The minimum atomic E-state index is -0.994. The zero-order valence-electron chi connectivity index (χ0n) is 17.4. The third-order valence-corrected chi connectivity index (χ3v) is 5.61. The van der Waals surface area contributed by atoms with Gasteiger partial charge in [-0.1, -0.05) is 11.6 Å². The normalized spacial score (nSPS) is 14.7. The lowest BCUT2D eigenvalue weighted by Gasteiger charge is -2.35. The number of amides is 2. The number of nitrogens with zero attached hydrogens (tertiary/aromatic N) is 3. The second-order valence-corrected chi connectivity index (χ2v) is 7.85. The van der Waals surface area contributed by atoms with Crippen LogP contribution in [0.3, 0.4) is 0 Å². The highest BCUT2D eigenvalue weighted by molar-refractivity contribution is 6.33. The van der Waals surface area contributed by atoms with E-state index in [1.807, 2.05) is 0 Å². The van der Waals surface area contributed by atoms with E-state index in [1.165, 1.54) is 12.4 Å². The maximum Gasteiger partial charge on any atom is 0.323 e. The van der Waals surface area contributed by atoms with E-state index in [9.17, 15) is 13.6 Å². The number of ether oxygens (including phenoxy) is 1. The number of methoxy groups -OCH3 is 1. The molecule has 1 fully saturated rings. The molecule has 0 atom stereocenters. The molecule has 32 heavy (non-hydrogen) atoms. The SMILES string of the molecule is COCCN1CCN(c2ncc(NC(=O)Nc3c[nH]c4cc(F)c(F)cc34)cc2Cl)CC1. The number of carbonyl (C=O) groups excluding carboxylic acids is 1. The molecule has 0 unspecified atom stereocenters. The Morgan fingerprint density at radius 1 is 1.19 bits per heavy atom. The molecule has 1 saturated heterocycles. The summed E-state index contributed by atoms with van der Waals surface area (Å²) in [6.07, 6.45) is 2.99. The van der Waals surface area contributed by atoms with Gasteiger partial charge in [0.2, 0.25) is 0 Å². The van der Waals surface area contributed by atoms with Crippen LogP contribution in [0.4, 0.5) is 30.8 Å². The number of benzene rings is 1. The van der Waals surface area contributed by atoms with Crippen molar-refractivity contribution < 1.29 is 18.3 Å². The highest BCUT2D eigenvalue weighted by Gasteiger charge is 2.20. The van der Waals surface area contributed by atoms with Gasteiger partial charge in [0, 0.05) is 57.5 Å². The van der Waals surface area contributed by atoms with Crippen molar-refractivity contribution in [1.29, 1.82) is 0 Å². The van der Waals surface area contributed by atoms with Crippen LogP contribution in [0.25, 0.3) is 10.9 Å². The molecule has 0 aliphatic carbocycles. The smallest absolute Gasteiger partial charge is 0.323 e. The van der Waals surface area contributed by atoms with Crippen molar-refractivity contribution in [2.75, 3.05) is 62.0 Å². The first-order valence-corrected chi connectivity index (χ1v) is 10.5. The predicted octanol–water partition coefficient (Wildman–Crippen LogP) is 3.91. The lowest BCUT2D eigenvalue weighted by Crippen LogP contribution is -2.47. The number of fused-ring (bicyclic) bond motifs is 1. The molecule has 0 spiro atoms. The molecule has 8 nitrogen and oxygen atoms in total. The summed E-state index contributed by atoms with van der Waals surface area (Å²) in [5, 5.41) is 6.05. The number of pyridine rings is 1. The molecule has 2 aromatic heterocycles. The average molecular weight is 465 g/mol. The number of halogens is 3. The van der Waals surface area contributed by atoms with Crippen LogP contribution < -0.4 is 15.5 Å². The van der Waals surface area contributed by atoms with Crippen LogP contribution in [0, 0.1) is 11.6 Å². The Bertz CT molecular complexity index is 1120. The predicted molar refractivity (Wildman–Crippen MR) is 121 cm³/mol. The van der Waals surface area contributed by atoms with Gasteiger partial charge in [-0.15, -0.1) is 0 Å². The first kappa shape index (κ1) is 22.3. The topological polar surface area (TPSA) is 85.5 Å². The van der Waals surface area contributed by atoms with Crippen LogP contribution >= 0.6 is 11.6 Å². The molecule has 4 rings (SSSR count). The van der Waals surface area contributed by atoms with Gasteiger partial charge in [-0.05, 0) is 12.1 Å². The van der Waals surface area contributed by atoms with Gasteiger partial charge in [0.05, 0.1) is 34.7 Å². The molecule has 1 aromatic carbocycles. The monoisotopic (exact) mass is 464 g/mol. The first-order chi connectivity index (χ1) is 15.4. The third-order valence-electron chi connectivity index (χ3n) is 5.33. The summed E-state index contributed by atoms with van der Waals surface area (Å²) < 4.78 is 32.0. The van der Waals surface area contributed by atoms with Crippen LogP contribution in [0.5, 0.6) is 0 Å². The molecule has 3 aromatic rings. The quantitative estimate of drug-likeness (QED) is 0.515. The molecule has 11 heteroatoms. The van der Waals surface area contributed by atoms with Crippen molar-refractivity contribution in [1.82, 2.24) is 14.9 Å². The van der Waals surface area contributed by atoms with Gasteiger partial charge < -0.3 is 25.3 Å². The van der Waals surface area contributed by atoms with E-state index in [-0.39, 0.29) is 0 Å².